The summed E-state index contributed by atoms with van der Waals surface area (Å²) in [4.78, 5) is 32.1. The highest BCUT2D eigenvalue weighted by molar-refractivity contribution is 7.99. The van der Waals surface area contributed by atoms with E-state index in [1.165, 1.54) is 23.4 Å². The molecule has 37 heavy (non-hydrogen) atoms. The van der Waals surface area contributed by atoms with E-state index in [0.717, 1.165) is 4.90 Å². The molecule has 0 bridgehead atoms. The molecule has 3 aromatic carbocycles. The molecule has 5 rings (SSSR count). The van der Waals surface area contributed by atoms with E-state index in [0.29, 0.717) is 38.4 Å². The maximum atomic E-state index is 13.6. The summed E-state index contributed by atoms with van der Waals surface area (Å²) in [7, 11) is 2.87. The minimum Gasteiger partial charge on any atom is -0.497 e. The number of esters is 1. The number of rotatable bonds is 8. The number of hydrogen-bond donors (Lipinski definition) is 0. The van der Waals surface area contributed by atoms with Crippen LogP contribution in [0.2, 0.25) is 5.02 Å². The average Bonchev–Trinajstić information content (AvgIpc) is 3.53. The lowest BCUT2D eigenvalue weighted by atomic mass is 10.1. The highest BCUT2D eigenvalue weighted by atomic mass is 35.5. The molecule has 1 aromatic heterocycles. The Balaban J connectivity index is 1.64. The summed E-state index contributed by atoms with van der Waals surface area (Å²) in [6, 6.07) is 19.4. The Kier molecular flexibility index (Phi) is 7.07. The lowest BCUT2D eigenvalue weighted by Crippen LogP contribution is -2.18. The van der Waals surface area contributed by atoms with E-state index < -0.39 is 5.97 Å². The largest absolute Gasteiger partial charge is 0.497 e. The minimum absolute atomic E-state index is 0.0734. The number of imidazole rings is 1. The molecule has 0 atom stereocenters. The van der Waals surface area contributed by atoms with E-state index in [4.69, 9.17) is 30.5 Å². The topological polar surface area (TPSA) is 88.9 Å². The zero-order valence-electron chi connectivity index (χ0n) is 19.9. The second-order valence-corrected chi connectivity index (χ2v) is 9.41. The van der Waals surface area contributed by atoms with Gasteiger partial charge in [-0.15, -0.1) is 0 Å². The van der Waals surface area contributed by atoms with E-state index in [2.05, 4.69) is 4.98 Å². The van der Waals surface area contributed by atoms with Crippen molar-refractivity contribution in [2.45, 2.75) is 16.5 Å². The van der Waals surface area contributed by atoms with E-state index in [1.807, 2.05) is 18.2 Å². The van der Waals surface area contributed by atoms with Gasteiger partial charge < -0.3 is 23.5 Å². The van der Waals surface area contributed by atoms with Crippen LogP contribution in [0.1, 0.15) is 32.2 Å². The van der Waals surface area contributed by atoms with Gasteiger partial charge in [-0.25, -0.2) is 9.78 Å². The molecular formula is C27H21ClN2O6S. The number of nitrogens with zero attached hydrogens (tertiary/aromatic N) is 2. The molecule has 4 aromatic rings. The monoisotopic (exact) mass is 536 g/mol. The number of methoxy groups -OCH3 is 2. The van der Waals surface area contributed by atoms with Crippen LogP contribution in [0.5, 0.6) is 17.2 Å². The highest BCUT2D eigenvalue weighted by Gasteiger charge is 2.29. The fourth-order valence-corrected chi connectivity index (χ4v) is 4.98. The lowest BCUT2D eigenvalue weighted by molar-refractivity contribution is 0.0584. The summed E-state index contributed by atoms with van der Waals surface area (Å²) in [5.41, 5.74) is 1.19. The minimum atomic E-state index is -0.632. The molecule has 0 aliphatic carbocycles. The summed E-state index contributed by atoms with van der Waals surface area (Å²) >= 11 is 7.79. The zero-order chi connectivity index (χ0) is 25.9. The Labute approximate surface area is 222 Å². The molecule has 0 radical (unpaired) electrons. The Hall–Kier alpha value is -3.95. The third kappa shape index (κ3) is 5.00. The van der Waals surface area contributed by atoms with Crippen LogP contribution >= 0.6 is 23.4 Å². The van der Waals surface area contributed by atoms with Crippen LogP contribution in [0, 0.1) is 0 Å². The van der Waals surface area contributed by atoms with Gasteiger partial charge in [-0.1, -0.05) is 53.7 Å². The van der Waals surface area contributed by atoms with Crippen molar-refractivity contribution in [1.29, 1.82) is 0 Å². The molecule has 0 N–H and O–H groups in total. The van der Waals surface area contributed by atoms with Crippen molar-refractivity contribution in [1.82, 2.24) is 9.55 Å². The van der Waals surface area contributed by atoms with E-state index in [-0.39, 0.29) is 30.6 Å². The molecule has 0 saturated carbocycles. The first-order valence-electron chi connectivity index (χ1n) is 11.2. The summed E-state index contributed by atoms with van der Waals surface area (Å²) in [6.07, 6.45) is 0. The first-order chi connectivity index (χ1) is 18.0. The standard InChI is InChI=1S/C27H21ClN2O6S/c1-33-18-8-10-19(11-9-18)37-26-23(27(32)34-2)30(25(29-26)24(31)16-6-4-3-5-7-16)14-17-12-21-22(13-20(17)28)36-15-35-21/h3-13H,14-15H2,1-2H3. The van der Waals surface area contributed by atoms with Gasteiger partial charge in [0.15, 0.2) is 23.0 Å². The second kappa shape index (κ2) is 10.6. The van der Waals surface area contributed by atoms with Gasteiger partial charge >= 0.3 is 5.97 Å². The maximum absolute atomic E-state index is 13.6. The van der Waals surface area contributed by atoms with Crippen LogP contribution in [-0.2, 0) is 11.3 Å². The molecule has 0 amide bonds. The summed E-state index contributed by atoms with van der Waals surface area (Å²) in [5, 5.41) is 0.726. The van der Waals surface area contributed by atoms with Gasteiger partial charge in [-0.3, -0.25) is 4.79 Å². The third-order valence-electron chi connectivity index (χ3n) is 5.70. The number of carbonyl (C=O) groups is 2. The van der Waals surface area contributed by atoms with Crippen LogP contribution in [0.4, 0.5) is 0 Å². The van der Waals surface area contributed by atoms with Crippen LogP contribution < -0.4 is 14.2 Å². The Morgan fingerprint density at radius 3 is 2.41 bits per heavy atom. The third-order valence-corrected chi connectivity index (χ3v) is 7.04. The smallest absolute Gasteiger partial charge is 0.357 e. The molecule has 0 fully saturated rings. The van der Waals surface area contributed by atoms with Crippen molar-refractivity contribution < 1.29 is 28.5 Å². The SMILES string of the molecule is COC(=O)c1c(Sc2ccc(OC)cc2)nc(C(=O)c2ccccc2)n1Cc1cc2c(cc1Cl)OCO2. The molecule has 0 saturated heterocycles. The van der Waals surface area contributed by atoms with Crippen LogP contribution in [-0.4, -0.2) is 42.3 Å². The summed E-state index contributed by atoms with van der Waals surface area (Å²) in [5.74, 6) is 0.861. The number of benzene rings is 3. The Morgan fingerprint density at radius 1 is 1.03 bits per heavy atom. The summed E-state index contributed by atoms with van der Waals surface area (Å²) in [6.45, 7) is 0.165. The van der Waals surface area contributed by atoms with E-state index >= 15 is 0 Å². The fourth-order valence-electron chi connectivity index (χ4n) is 3.85. The average molecular weight is 537 g/mol. The predicted molar refractivity (Wildman–Crippen MR) is 137 cm³/mol. The molecule has 2 heterocycles. The van der Waals surface area contributed by atoms with Gasteiger partial charge in [0, 0.05) is 21.5 Å². The van der Waals surface area contributed by atoms with Crippen LogP contribution in [0.25, 0.3) is 0 Å². The van der Waals surface area contributed by atoms with Gasteiger partial charge in [0.05, 0.1) is 20.8 Å². The number of halogens is 1. The number of ketones is 1. The van der Waals surface area contributed by atoms with Crippen molar-refractivity contribution in [2.24, 2.45) is 0 Å². The van der Waals surface area contributed by atoms with Crippen molar-refractivity contribution in [3.8, 4) is 17.2 Å². The first kappa shape index (κ1) is 24.7. The molecule has 8 nitrogen and oxygen atoms in total. The van der Waals surface area contributed by atoms with Gasteiger partial charge in [-0.05, 0) is 35.9 Å². The van der Waals surface area contributed by atoms with E-state index in [9.17, 15) is 9.59 Å². The lowest BCUT2D eigenvalue weighted by Gasteiger charge is -2.13. The number of ether oxygens (including phenoxy) is 4. The quantitative estimate of drug-likeness (QED) is 0.216. The van der Waals surface area contributed by atoms with Crippen molar-refractivity contribution in [2.75, 3.05) is 21.0 Å². The molecule has 0 unspecified atom stereocenters. The van der Waals surface area contributed by atoms with Gasteiger partial charge in [0.2, 0.25) is 12.6 Å². The number of fused-ring (bicyclic) bond motifs is 1. The van der Waals surface area contributed by atoms with Gasteiger partial charge in [0.1, 0.15) is 10.8 Å². The van der Waals surface area contributed by atoms with E-state index in [1.54, 1.807) is 55.6 Å². The van der Waals surface area contributed by atoms with Crippen molar-refractivity contribution in [3.63, 3.8) is 0 Å². The normalized spacial score (nSPS) is 11.9. The molecule has 10 heteroatoms. The number of aromatic nitrogens is 2. The van der Waals surface area contributed by atoms with Crippen molar-refractivity contribution in [3.05, 3.63) is 94.4 Å². The second-order valence-electron chi connectivity index (χ2n) is 7.94. The zero-order valence-corrected chi connectivity index (χ0v) is 21.5. The maximum Gasteiger partial charge on any atom is 0.357 e. The Morgan fingerprint density at radius 2 is 1.73 bits per heavy atom. The highest BCUT2D eigenvalue weighted by Crippen LogP contribution is 2.38. The summed E-state index contributed by atoms with van der Waals surface area (Å²) < 4.78 is 22.8. The molecular weight excluding hydrogens is 516 g/mol. The fraction of sp³-hybridized carbons (Fsp3) is 0.148. The van der Waals surface area contributed by atoms with Crippen LogP contribution in [0.15, 0.2) is 76.7 Å². The van der Waals surface area contributed by atoms with Crippen LogP contribution in [0.3, 0.4) is 0 Å². The number of hydrogen-bond acceptors (Lipinski definition) is 8. The Bertz CT molecular complexity index is 1470. The molecule has 1 aliphatic rings. The van der Waals surface area contributed by atoms with Gasteiger partial charge in [-0.2, -0.15) is 0 Å². The van der Waals surface area contributed by atoms with Gasteiger partial charge in [0.25, 0.3) is 0 Å². The molecule has 188 valence electrons. The number of carbonyl (C=O) groups excluding carboxylic acids is 2. The first-order valence-corrected chi connectivity index (χ1v) is 12.4. The molecule has 1 aliphatic heterocycles. The van der Waals surface area contributed by atoms with Crippen molar-refractivity contribution >= 4 is 35.1 Å². The predicted octanol–water partition coefficient (Wildman–Crippen LogP) is 5.49. The molecule has 0 spiro atoms.